The van der Waals surface area contributed by atoms with Gasteiger partial charge in [0.2, 0.25) is 0 Å². The van der Waals surface area contributed by atoms with Crippen molar-refractivity contribution in [3.8, 4) is 0 Å². The Morgan fingerprint density at radius 3 is 2.33 bits per heavy atom. The van der Waals surface area contributed by atoms with Gasteiger partial charge in [0.25, 0.3) is 0 Å². The van der Waals surface area contributed by atoms with Crippen molar-refractivity contribution in [2.45, 2.75) is 20.0 Å². The lowest BCUT2D eigenvalue weighted by Gasteiger charge is -2.05. The highest BCUT2D eigenvalue weighted by atomic mass is 16.5. The Hall–Kier alpha value is -2.05. The van der Waals surface area contributed by atoms with Gasteiger partial charge in [-0.1, -0.05) is 0 Å². The topological polar surface area (TPSA) is 93.7 Å². The molecule has 0 aromatic rings. The minimum absolute atomic E-state index is 0.0236. The Morgan fingerprint density at radius 1 is 1.17 bits per heavy atom. The molecule has 0 heterocycles. The number of urea groups is 1. The van der Waals surface area contributed by atoms with E-state index in [9.17, 15) is 14.4 Å². The van der Waals surface area contributed by atoms with Crippen molar-refractivity contribution in [2.24, 2.45) is 0 Å². The zero-order valence-corrected chi connectivity index (χ0v) is 10.7. The summed E-state index contributed by atoms with van der Waals surface area (Å²) in [6.45, 7) is 3.62. The van der Waals surface area contributed by atoms with Crippen molar-refractivity contribution in [1.29, 1.82) is 0 Å². The Morgan fingerprint density at radius 2 is 1.78 bits per heavy atom. The van der Waals surface area contributed by atoms with E-state index < -0.39 is 11.9 Å². The fourth-order valence-electron chi connectivity index (χ4n) is 0.860. The molecule has 7 nitrogen and oxygen atoms in total. The Balaban J connectivity index is 3.74. The highest BCUT2D eigenvalue weighted by Crippen LogP contribution is 1.91. The lowest BCUT2D eigenvalue weighted by atomic mass is 10.4. The third-order valence-electron chi connectivity index (χ3n) is 1.57. The van der Waals surface area contributed by atoms with Crippen LogP contribution in [0.3, 0.4) is 0 Å². The van der Waals surface area contributed by atoms with E-state index >= 15 is 0 Å². The minimum Gasteiger partial charge on any atom is -0.461 e. The van der Waals surface area contributed by atoms with Gasteiger partial charge < -0.3 is 20.1 Å². The minimum atomic E-state index is -0.672. The van der Waals surface area contributed by atoms with E-state index in [2.05, 4.69) is 10.6 Å². The van der Waals surface area contributed by atoms with Gasteiger partial charge in [-0.05, 0) is 13.8 Å². The third kappa shape index (κ3) is 9.20. The quantitative estimate of drug-likeness (QED) is 0.396. The second-order valence-electron chi connectivity index (χ2n) is 3.49. The summed E-state index contributed by atoms with van der Waals surface area (Å²) in [6, 6.07) is -0.359. The van der Waals surface area contributed by atoms with Gasteiger partial charge in [-0.25, -0.2) is 14.4 Å². The standard InChI is InChI=1S/C11H18N2O5/c1-8(2)18-10(15)5-4-9(14)17-7-6-13-11(16)12-3/h4-5,8H,6-7H2,1-3H3,(H2,12,13,16)/b5-4+. The highest BCUT2D eigenvalue weighted by molar-refractivity contribution is 5.91. The predicted octanol–water partition coefficient (Wildman–Crippen LogP) is -0.0336. The molecule has 2 amide bonds. The smallest absolute Gasteiger partial charge is 0.331 e. The van der Waals surface area contributed by atoms with Gasteiger partial charge in [-0.15, -0.1) is 0 Å². The molecule has 0 saturated heterocycles. The Labute approximate surface area is 106 Å². The van der Waals surface area contributed by atoms with Gasteiger partial charge in [0.1, 0.15) is 6.61 Å². The van der Waals surface area contributed by atoms with Gasteiger partial charge in [-0.2, -0.15) is 0 Å². The van der Waals surface area contributed by atoms with E-state index in [1.54, 1.807) is 13.8 Å². The Kier molecular flexibility index (Phi) is 8.00. The first-order valence-corrected chi connectivity index (χ1v) is 5.46. The molecule has 0 aromatic heterocycles. The van der Waals surface area contributed by atoms with Crippen molar-refractivity contribution >= 4 is 18.0 Å². The highest BCUT2D eigenvalue weighted by Gasteiger charge is 2.03. The average molecular weight is 258 g/mol. The molecule has 18 heavy (non-hydrogen) atoms. The van der Waals surface area contributed by atoms with Crippen molar-refractivity contribution in [2.75, 3.05) is 20.2 Å². The third-order valence-corrected chi connectivity index (χ3v) is 1.57. The molecule has 102 valence electrons. The number of rotatable bonds is 6. The van der Waals surface area contributed by atoms with E-state index in [0.717, 1.165) is 12.2 Å². The summed E-state index contributed by atoms with van der Waals surface area (Å²) < 4.78 is 9.49. The first-order chi connectivity index (χ1) is 8.45. The summed E-state index contributed by atoms with van der Waals surface area (Å²) in [6.07, 6.45) is 1.73. The molecule has 0 unspecified atom stereocenters. The van der Waals surface area contributed by atoms with Crippen LogP contribution in [0.1, 0.15) is 13.8 Å². The van der Waals surface area contributed by atoms with Crippen LogP contribution in [0, 0.1) is 0 Å². The lowest BCUT2D eigenvalue weighted by molar-refractivity contribution is -0.142. The second kappa shape index (κ2) is 9.03. The summed E-state index contributed by atoms with van der Waals surface area (Å²) in [5.74, 6) is -1.28. The van der Waals surface area contributed by atoms with Gasteiger partial charge in [0, 0.05) is 19.2 Å². The molecule has 0 rings (SSSR count). The van der Waals surface area contributed by atoms with Crippen LogP contribution < -0.4 is 10.6 Å². The van der Waals surface area contributed by atoms with Crippen molar-refractivity contribution in [3.05, 3.63) is 12.2 Å². The number of esters is 2. The summed E-state index contributed by atoms with van der Waals surface area (Å²) in [5, 5.41) is 4.78. The molecule has 0 bridgehead atoms. The summed E-state index contributed by atoms with van der Waals surface area (Å²) >= 11 is 0. The fourth-order valence-corrected chi connectivity index (χ4v) is 0.860. The van der Waals surface area contributed by atoms with Gasteiger partial charge >= 0.3 is 18.0 Å². The van der Waals surface area contributed by atoms with Crippen LogP contribution in [0.4, 0.5) is 4.79 Å². The number of carbonyl (C=O) groups is 3. The SMILES string of the molecule is CNC(=O)NCCOC(=O)/C=C/C(=O)OC(C)C. The molecule has 2 N–H and O–H groups in total. The van der Waals surface area contributed by atoms with Crippen molar-refractivity contribution in [1.82, 2.24) is 10.6 Å². The van der Waals surface area contributed by atoms with Gasteiger partial charge in [0.05, 0.1) is 12.6 Å². The van der Waals surface area contributed by atoms with Crippen LogP contribution in [0.2, 0.25) is 0 Å². The van der Waals surface area contributed by atoms with Crippen molar-refractivity contribution < 1.29 is 23.9 Å². The molecule has 7 heteroatoms. The number of nitrogens with one attached hydrogen (secondary N) is 2. The molecule has 0 fully saturated rings. The van der Waals surface area contributed by atoms with E-state index in [-0.39, 0.29) is 25.3 Å². The first kappa shape index (κ1) is 16.0. The largest absolute Gasteiger partial charge is 0.461 e. The molecule has 0 atom stereocenters. The van der Waals surface area contributed by atoms with Gasteiger partial charge in [-0.3, -0.25) is 0 Å². The van der Waals surface area contributed by atoms with Crippen molar-refractivity contribution in [3.63, 3.8) is 0 Å². The van der Waals surface area contributed by atoms with Crippen LogP contribution in [0.15, 0.2) is 12.2 Å². The van der Waals surface area contributed by atoms with Crippen LogP contribution in [0.25, 0.3) is 0 Å². The summed E-state index contributed by atoms with van der Waals surface area (Å²) in [5.41, 5.74) is 0. The van der Waals surface area contributed by atoms with E-state index in [0.29, 0.717) is 0 Å². The summed E-state index contributed by atoms with van der Waals surface area (Å²) in [4.78, 5) is 32.9. The molecular formula is C11H18N2O5. The van der Waals surface area contributed by atoms with E-state index in [1.807, 2.05) is 0 Å². The molecule has 0 aliphatic carbocycles. The number of ether oxygens (including phenoxy) is 2. The number of hydrogen-bond donors (Lipinski definition) is 2. The molecule has 0 aromatic carbocycles. The van der Waals surface area contributed by atoms with Crippen LogP contribution in [0.5, 0.6) is 0 Å². The maximum absolute atomic E-state index is 11.1. The number of carbonyl (C=O) groups excluding carboxylic acids is 3. The van der Waals surface area contributed by atoms with Crippen LogP contribution in [-0.4, -0.2) is 44.3 Å². The molecule has 0 radical (unpaired) electrons. The van der Waals surface area contributed by atoms with E-state index in [1.165, 1.54) is 7.05 Å². The average Bonchev–Trinajstić information content (AvgIpc) is 2.30. The fraction of sp³-hybridized carbons (Fsp3) is 0.545. The number of hydrogen-bond acceptors (Lipinski definition) is 5. The molecule has 0 aliphatic rings. The zero-order valence-electron chi connectivity index (χ0n) is 10.7. The summed E-state index contributed by atoms with van der Waals surface area (Å²) in [7, 11) is 1.48. The molecule has 0 saturated carbocycles. The molecule has 0 spiro atoms. The molecular weight excluding hydrogens is 240 g/mol. The lowest BCUT2D eigenvalue weighted by Crippen LogP contribution is -2.35. The maximum Gasteiger partial charge on any atom is 0.331 e. The number of amides is 2. The van der Waals surface area contributed by atoms with Crippen LogP contribution >= 0.6 is 0 Å². The molecule has 0 aliphatic heterocycles. The maximum atomic E-state index is 11.1. The first-order valence-electron chi connectivity index (χ1n) is 5.46. The van der Waals surface area contributed by atoms with Gasteiger partial charge in [0.15, 0.2) is 0 Å². The predicted molar refractivity (Wildman–Crippen MR) is 63.8 cm³/mol. The van der Waals surface area contributed by atoms with E-state index in [4.69, 9.17) is 9.47 Å². The normalized spacial score (nSPS) is 10.2. The van der Waals surface area contributed by atoms with Crippen LogP contribution in [-0.2, 0) is 19.1 Å². The zero-order chi connectivity index (χ0) is 14.0. The Bertz CT molecular complexity index is 325. The second-order valence-corrected chi connectivity index (χ2v) is 3.49. The monoisotopic (exact) mass is 258 g/mol.